The summed E-state index contributed by atoms with van der Waals surface area (Å²) < 4.78 is 14.5. The standard InChI is InChI=1S/C32H39N5O2.C27H29N5O/c33-31-30-29(25-10-7-11-28(18-25)39-21-23-8-3-1-4-9-23)20-37(32(30)35-22-34-31)26-16-24(17-26)12-13-27(38)19-36-14-5-2-6-15-36;28-26-25-24(21-8-4-9-23(14-21)33-17-19-6-2-1-3-7-19)16-32(27(25)30-18-29-26)22-12-20(13-22)15-31-10-5-11-31/h1,3-4,7-11,18,22,24,26,29H,2,5-6,12-17,19-21H2,(H2,33,34,35);1-4,6-9,14,16,18,20,22H,5,10-13,15,17H2,(H2,28,29,30). The van der Waals surface area contributed by atoms with Crippen LogP contribution in [0.3, 0.4) is 0 Å². The van der Waals surface area contributed by atoms with Crippen molar-refractivity contribution in [1.82, 2.24) is 34.3 Å². The van der Waals surface area contributed by atoms with Gasteiger partial charge < -0.3 is 35.3 Å². The van der Waals surface area contributed by atoms with Gasteiger partial charge in [-0.25, -0.2) is 19.9 Å². The monoisotopic (exact) mass is 965 g/mol. The zero-order valence-electron chi connectivity index (χ0n) is 41.4. The zero-order chi connectivity index (χ0) is 48.8. The van der Waals surface area contributed by atoms with Gasteiger partial charge in [0.25, 0.3) is 0 Å². The molecule has 5 aliphatic rings. The maximum Gasteiger partial charge on any atom is 0.146 e. The van der Waals surface area contributed by atoms with E-state index in [0.717, 1.165) is 101 Å². The summed E-state index contributed by atoms with van der Waals surface area (Å²) in [5.74, 6) is 5.64. The number of carbonyl (C=O) groups excluding carboxylic acids is 1. The minimum absolute atomic E-state index is 0.103. The summed E-state index contributed by atoms with van der Waals surface area (Å²) in [6, 6.07) is 37.9. The molecule has 3 aromatic heterocycles. The molecule has 72 heavy (non-hydrogen) atoms. The van der Waals surface area contributed by atoms with E-state index in [-0.39, 0.29) is 5.92 Å². The summed E-state index contributed by atoms with van der Waals surface area (Å²) in [5.41, 5.74) is 20.3. The first-order valence-electron chi connectivity index (χ1n) is 26.4. The summed E-state index contributed by atoms with van der Waals surface area (Å²) in [4.78, 5) is 37.9. The molecule has 372 valence electrons. The van der Waals surface area contributed by atoms with E-state index < -0.39 is 0 Å². The minimum Gasteiger partial charge on any atom is -0.489 e. The number of likely N-dealkylation sites (tertiary alicyclic amines) is 2. The Morgan fingerprint density at radius 3 is 2.00 bits per heavy atom. The lowest BCUT2D eigenvalue weighted by molar-refractivity contribution is -0.120. The molecule has 7 aromatic rings. The Balaban J connectivity index is 0.000000158. The summed E-state index contributed by atoms with van der Waals surface area (Å²) in [7, 11) is 0. The number of anilines is 3. The van der Waals surface area contributed by atoms with E-state index in [2.05, 4.69) is 100.0 Å². The van der Waals surface area contributed by atoms with Crippen LogP contribution in [0, 0.1) is 11.8 Å². The molecule has 2 saturated heterocycles. The average molecular weight is 965 g/mol. The van der Waals surface area contributed by atoms with E-state index >= 15 is 0 Å². The van der Waals surface area contributed by atoms with E-state index in [1.54, 1.807) is 12.7 Å². The van der Waals surface area contributed by atoms with Gasteiger partial charge in [0.05, 0.1) is 11.9 Å². The molecule has 0 spiro atoms. The third-order valence-electron chi connectivity index (χ3n) is 15.8. The molecule has 0 amide bonds. The third-order valence-corrected chi connectivity index (χ3v) is 15.8. The first kappa shape index (κ1) is 47.5. The number of nitrogen functional groups attached to an aromatic ring is 2. The molecule has 3 aliphatic heterocycles. The Morgan fingerprint density at radius 1 is 0.639 bits per heavy atom. The molecule has 12 rings (SSSR count). The second kappa shape index (κ2) is 21.9. The summed E-state index contributed by atoms with van der Waals surface area (Å²) in [5, 5.41) is 0.934. The Hall–Kier alpha value is -6.83. The van der Waals surface area contributed by atoms with Crippen LogP contribution in [-0.2, 0) is 18.0 Å². The molecular formula is C59H68N10O3. The normalized spacial score (nSPS) is 21.7. The fraction of sp³-hybridized carbons (Fsp3) is 0.407. The average Bonchev–Trinajstić information content (AvgIpc) is 3.96. The number of aromatic nitrogens is 5. The van der Waals surface area contributed by atoms with E-state index in [0.29, 0.717) is 61.6 Å². The van der Waals surface area contributed by atoms with Gasteiger partial charge in [-0.3, -0.25) is 9.69 Å². The zero-order valence-corrected chi connectivity index (χ0v) is 41.4. The number of carbonyl (C=O) groups is 1. The van der Waals surface area contributed by atoms with Crippen molar-refractivity contribution in [2.45, 2.75) is 95.4 Å². The number of hydrogen-bond acceptors (Lipinski definition) is 12. The largest absolute Gasteiger partial charge is 0.489 e. The number of ether oxygens (including phenoxy) is 2. The second-order valence-corrected chi connectivity index (χ2v) is 20.8. The van der Waals surface area contributed by atoms with Crippen molar-refractivity contribution in [3.63, 3.8) is 0 Å². The van der Waals surface area contributed by atoms with Gasteiger partial charge in [-0.1, -0.05) is 91.3 Å². The van der Waals surface area contributed by atoms with Crippen LogP contribution in [0.4, 0.5) is 17.5 Å². The number of piperidine rings is 1. The van der Waals surface area contributed by atoms with Crippen molar-refractivity contribution in [3.8, 4) is 22.6 Å². The minimum atomic E-state index is 0.103. The summed E-state index contributed by atoms with van der Waals surface area (Å²) in [6.07, 6.45) is 16.8. The molecule has 4 aromatic carbocycles. The molecule has 4 fully saturated rings. The van der Waals surface area contributed by atoms with Crippen molar-refractivity contribution >= 4 is 34.3 Å². The Morgan fingerprint density at radius 2 is 1.29 bits per heavy atom. The molecule has 2 saturated carbocycles. The van der Waals surface area contributed by atoms with Crippen molar-refractivity contribution in [1.29, 1.82) is 0 Å². The second-order valence-electron chi connectivity index (χ2n) is 20.8. The fourth-order valence-corrected chi connectivity index (χ4v) is 11.6. The number of nitrogens with zero attached hydrogens (tertiary/aromatic N) is 8. The number of benzene rings is 4. The van der Waals surface area contributed by atoms with Crippen LogP contribution in [0.5, 0.6) is 11.5 Å². The summed E-state index contributed by atoms with van der Waals surface area (Å²) in [6.45, 7) is 8.49. The predicted octanol–water partition coefficient (Wildman–Crippen LogP) is 10.1. The highest BCUT2D eigenvalue weighted by molar-refractivity contribution is 6.00. The van der Waals surface area contributed by atoms with Gasteiger partial charge in [-0.05, 0) is 136 Å². The van der Waals surface area contributed by atoms with Crippen molar-refractivity contribution in [2.24, 2.45) is 11.8 Å². The van der Waals surface area contributed by atoms with Crippen molar-refractivity contribution < 1.29 is 14.3 Å². The number of Topliss-reactive ketones (excluding diaryl/α,β-unsaturated/α-hetero) is 1. The van der Waals surface area contributed by atoms with E-state index in [1.807, 2.05) is 54.6 Å². The lowest BCUT2D eigenvalue weighted by Crippen LogP contribution is -2.45. The summed E-state index contributed by atoms with van der Waals surface area (Å²) >= 11 is 0. The van der Waals surface area contributed by atoms with Gasteiger partial charge in [-0.2, -0.15) is 0 Å². The van der Waals surface area contributed by atoms with E-state index in [9.17, 15) is 4.79 Å². The number of rotatable bonds is 17. The van der Waals surface area contributed by atoms with Crippen LogP contribution in [0.2, 0.25) is 0 Å². The lowest BCUT2D eigenvalue weighted by atomic mass is 9.76. The van der Waals surface area contributed by atoms with E-state index in [4.69, 9.17) is 20.9 Å². The van der Waals surface area contributed by atoms with Gasteiger partial charge >= 0.3 is 0 Å². The van der Waals surface area contributed by atoms with Gasteiger partial charge in [0.1, 0.15) is 66.3 Å². The fourth-order valence-electron chi connectivity index (χ4n) is 11.6. The van der Waals surface area contributed by atoms with Gasteiger partial charge in [0.2, 0.25) is 0 Å². The highest BCUT2D eigenvalue weighted by atomic mass is 16.5. The van der Waals surface area contributed by atoms with Crippen molar-refractivity contribution in [2.75, 3.05) is 62.2 Å². The first-order chi connectivity index (χ1) is 35.4. The molecule has 1 atom stereocenters. The molecule has 13 heteroatoms. The number of nitrogens with two attached hydrogens (primary N) is 2. The Labute approximate surface area is 423 Å². The molecule has 1 unspecified atom stereocenters. The first-order valence-corrected chi connectivity index (χ1v) is 26.4. The van der Waals surface area contributed by atoms with Crippen LogP contribution >= 0.6 is 0 Å². The highest BCUT2D eigenvalue weighted by Gasteiger charge is 2.42. The maximum absolute atomic E-state index is 12.6. The van der Waals surface area contributed by atoms with Crippen LogP contribution in [-0.4, -0.2) is 91.9 Å². The Kier molecular flexibility index (Phi) is 14.4. The molecule has 6 heterocycles. The quantitative estimate of drug-likeness (QED) is 0.0893. The van der Waals surface area contributed by atoms with Crippen LogP contribution < -0.4 is 25.8 Å². The van der Waals surface area contributed by atoms with Crippen LogP contribution in [0.15, 0.2) is 128 Å². The van der Waals surface area contributed by atoms with Crippen LogP contribution in [0.25, 0.3) is 22.2 Å². The van der Waals surface area contributed by atoms with Gasteiger partial charge in [0, 0.05) is 54.8 Å². The lowest BCUT2D eigenvalue weighted by Gasteiger charge is -2.42. The smallest absolute Gasteiger partial charge is 0.146 e. The molecule has 0 radical (unpaired) electrons. The van der Waals surface area contributed by atoms with Crippen LogP contribution in [0.1, 0.15) is 98.4 Å². The predicted molar refractivity (Wildman–Crippen MR) is 285 cm³/mol. The molecular weight excluding hydrogens is 897 g/mol. The molecule has 2 aliphatic carbocycles. The third kappa shape index (κ3) is 10.8. The molecule has 4 N–H and O–H groups in total. The van der Waals surface area contributed by atoms with E-state index in [1.165, 1.54) is 63.7 Å². The number of hydrogen-bond donors (Lipinski definition) is 2. The number of fused-ring (bicyclic) bond motifs is 2. The Bertz CT molecular complexity index is 2930. The maximum atomic E-state index is 12.6. The highest BCUT2D eigenvalue weighted by Crippen LogP contribution is 2.48. The van der Waals surface area contributed by atoms with Gasteiger partial charge in [-0.15, -0.1) is 0 Å². The number of ketones is 1. The molecule has 13 nitrogen and oxygen atoms in total. The van der Waals surface area contributed by atoms with Crippen molar-refractivity contribution in [3.05, 3.63) is 150 Å². The SMILES string of the molecule is Nc1ncnc2c1C(c1cccc(OCc3ccccc3)c1)CN2C1CC(CCC(=O)CN2CCCCC2)C1.Nc1ncnc2c1c(-c1cccc(OCc3ccccc3)c1)cn2C1CC(CN2CCC2)C1. The van der Waals surface area contributed by atoms with Gasteiger partial charge in [0.15, 0.2) is 0 Å². The molecule has 0 bridgehead atoms. The topological polar surface area (TPSA) is 154 Å².